The summed E-state index contributed by atoms with van der Waals surface area (Å²) in [6.45, 7) is 0. The predicted octanol–water partition coefficient (Wildman–Crippen LogP) is 4.13. The summed E-state index contributed by atoms with van der Waals surface area (Å²) in [5.74, 6) is -0.0215. The van der Waals surface area contributed by atoms with Gasteiger partial charge < -0.3 is 5.32 Å². The fourth-order valence-electron chi connectivity index (χ4n) is 1.94. The monoisotopic (exact) mass is 275 g/mol. The van der Waals surface area contributed by atoms with Crippen LogP contribution in [-0.4, -0.2) is 5.91 Å². The van der Waals surface area contributed by atoms with Gasteiger partial charge in [0.15, 0.2) is 0 Å². The largest absolute Gasteiger partial charge is 0.324 e. The molecule has 1 heterocycles. The Hall–Kier alpha value is -1.45. The molecule has 0 saturated heterocycles. The molecule has 0 spiro atoms. The highest BCUT2D eigenvalue weighted by Gasteiger charge is 2.29. The van der Waals surface area contributed by atoms with E-state index in [0.717, 1.165) is 16.1 Å². The third-order valence-corrected chi connectivity index (χ3v) is 4.47. The van der Waals surface area contributed by atoms with Crippen molar-refractivity contribution in [1.29, 1.82) is 0 Å². The molecule has 1 amide bonds. The van der Waals surface area contributed by atoms with E-state index in [4.69, 9.17) is 11.6 Å². The highest BCUT2D eigenvalue weighted by Crippen LogP contribution is 2.45. The van der Waals surface area contributed by atoms with Gasteiger partial charge >= 0.3 is 0 Å². The topological polar surface area (TPSA) is 29.1 Å². The molecule has 0 aliphatic carbocycles. The Bertz CT molecular complexity index is 614. The molecule has 90 valence electrons. The summed E-state index contributed by atoms with van der Waals surface area (Å²) in [4.78, 5) is 13.2. The molecular weight excluding hydrogens is 266 g/mol. The lowest BCUT2D eigenvalue weighted by atomic mass is 10.1. The van der Waals surface area contributed by atoms with E-state index in [-0.39, 0.29) is 11.2 Å². The molecule has 2 aromatic rings. The highest BCUT2D eigenvalue weighted by atomic mass is 35.5. The van der Waals surface area contributed by atoms with E-state index in [1.54, 1.807) is 0 Å². The van der Waals surface area contributed by atoms with E-state index in [9.17, 15) is 4.79 Å². The van der Waals surface area contributed by atoms with Crippen molar-refractivity contribution >= 4 is 35.0 Å². The molecule has 1 atom stereocenters. The first kappa shape index (κ1) is 11.6. The summed E-state index contributed by atoms with van der Waals surface area (Å²) in [5, 5.41) is 3.26. The summed E-state index contributed by atoms with van der Waals surface area (Å²) in [6.07, 6.45) is 0. The summed E-state index contributed by atoms with van der Waals surface area (Å²) >= 11 is 7.69. The SMILES string of the molecule is O=C1Nc2ccccc2S[C@H]1c1ccccc1Cl. The number of rotatable bonds is 1. The van der Waals surface area contributed by atoms with Crippen molar-refractivity contribution in [3.8, 4) is 0 Å². The minimum atomic E-state index is -0.284. The van der Waals surface area contributed by atoms with Gasteiger partial charge in [0, 0.05) is 9.92 Å². The van der Waals surface area contributed by atoms with Crippen molar-refractivity contribution in [1.82, 2.24) is 0 Å². The zero-order valence-electron chi connectivity index (χ0n) is 9.39. The third kappa shape index (κ3) is 2.00. The van der Waals surface area contributed by atoms with Crippen molar-refractivity contribution in [3.63, 3.8) is 0 Å². The van der Waals surface area contributed by atoms with Crippen molar-refractivity contribution in [2.24, 2.45) is 0 Å². The van der Waals surface area contributed by atoms with Gasteiger partial charge in [0.2, 0.25) is 5.91 Å². The van der Waals surface area contributed by atoms with Crippen LogP contribution in [0, 0.1) is 0 Å². The Morgan fingerprint density at radius 2 is 1.78 bits per heavy atom. The molecule has 1 N–H and O–H groups in total. The van der Waals surface area contributed by atoms with E-state index in [1.165, 1.54) is 11.8 Å². The van der Waals surface area contributed by atoms with Crippen LogP contribution in [0.4, 0.5) is 5.69 Å². The smallest absolute Gasteiger partial charge is 0.242 e. The van der Waals surface area contributed by atoms with Crippen LogP contribution in [0.25, 0.3) is 0 Å². The van der Waals surface area contributed by atoms with E-state index < -0.39 is 0 Å². The van der Waals surface area contributed by atoms with Gasteiger partial charge in [0.25, 0.3) is 0 Å². The second-order valence-corrected chi connectivity index (χ2v) is 5.56. The Morgan fingerprint density at radius 1 is 1.06 bits per heavy atom. The minimum absolute atomic E-state index is 0.0215. The van der Waals surface area contributed by atoms with E-state index in [0.29, 0.717) is 5.02 Å². The molecule has 2 nitrogen and oxygen atoms in total. The van der Waals surface area contributed by atoms with Crippen molar-refractivity contribution < 1.29 is 4.79 Å². The lowest BCUT2D eigenvalue weighted by molar-refractivity contribution is -0.115. The van der Waals surface area contributed by atoms with Crippen molar-refractivity contribution in [3.05, 3.63) is 59.1 Å². The molecule has 0 radical (unpaired) electrons. The minimum Gasteiger partial charge on any atom is -0.324 e. The van der Waals surface area contributed by atoms with Crippen LogP contribution in [0.3, 0.4) is 0 Å². The maximum absolute atomic E-state index is 12.1. The second kappa shape index (κ2) is 4.67. The first-order valence-electron chi connectivity index (χ1n) is 5.56. The Labute approximate surface area is 114 Å². The van der Waals surface area contributed by atoms with Crippen molar-refractivity contribution in [2.75, 3.05) is 5.32 Å². The first-order chi connectivity index (χ1) is 8.75. The number of benzene rings is 2. The van der Waals surface area contributed by atoms with Gasteiger partial charge in [-0.25, -0.2) is 0 Å². The molecule has 0 unspecified atom stereocenters. The highest BCUT2D eigenvalue weighted by molar-refractivity contribution is 8.00. The standard InChI is InChI=1S/C14H10ClNOS/c15-10-6-2-1-5-9(10)13-14(17)16-11-7-3-4-8-12(11)18-13/h1-8,13H,(H,16,17)/t13-/m0/s1. The number of thioether (sulfide) groups is 1. The van der Waals surface area contributed by atoms with Crippen LogP contribution in [0.1, 0.15) is 10.8 Å². The van der Waals surface area contributed by atoms with Crippen LogP contribution >= 0.6 is 23.4 Å². The van der Waals surface area contributed by atoms with Gasteiger partial charge in [-0.2, -0.15) is 0 Å². The number of hydrogen-bond donors (Lipinski definition) is 1. The van der Waals surface area contributed by atoms with Crippen LogP contribution in [0.2, 0.25) is 5.02 Å². The van der Waals surface area contributed by atoms with Crippen LogP contribution in [0.5, 0.6) is 0 Å². The average molecular weight is 276 g/mol. The molecule has 18 heavy (non-hydrogen) atoms. The normalized spacial score (nSPS) is 18.1. The second-order valence-electron chi connectivity index (χ2n) is 4.00. The predicted molar refractivity (Wildman–Crippen MR) is 75.1 cm³/mol. The average Bonchev–Trinajstić information content (AvgIpc) is 2.39. The van der Waals surface area contributed by atoms with Crippen molar-refractivity contribution in [2.45, 2.75) is 10.1 Å². The number of para-hydroxylation sites is 1. The van der Waals surface area contributed by atoms with E-state index in [1.807, 2.05) is 48.5 Å². The Morgan fingerprint density at radius 3 is 2.61 bits per heavy atom. The number of anilines is 1. The lowest BCUT2D eigenvalue weighted by Gasteiger charge is -2.24. The molecule has 0 saturated carbocycles. The third-order valence-electron chi connectivity index (χ3n) is 2.82. The van der Waals surface area contributed by atoms with E-state index >= 15 is 0 Å². The number of halogens is 1. The molecule has 0 aromatic heterocycles. The van der Waals surface area contributed by atoms with Crippen LogP contribution < -0.4 is 5.32 Å². The zero-order chi connectivity index (χ0) is 12.5. The number of fused-ring (bicyclic) bond motifs is 1. The van der Waals surface area contributed by atoms with Gasteiger partial charge in [-0.1, -0.05) is 41.9 Å². The summed E-state index contributed by atoms with van der Waals surface area (Å²) in [7, 11) is 0. The first-order valence-corrected chi connectivity index (χ1v) is 6.82. The molecule has 4 heteroatoms. The molecule has 3 rings (SSSR count). The van der Waals surface area contributed by atoms with Crippen LogP contribution in [-0.2, 0) is 4.79 Å². The van der Waals surface area contributed by atoms with Gasteiger partial charge in [0.05, 0.1) is 5.69 Å². The number of hydrogen-bond acceptors (Lipinski definition) is 2. The Balaban J connectivity index is 2.01. The molecule has 0 fully saturated rings. The molecule has 1 aliphatic heterocycles. The Kier molecular flexibility index (Phi) is 3.02. The number of carbonyl (C=O) groups excluding carboxylic acids is 1. The molecule has 0 bridgehead atoms. The molecule has 1 aliphatic rings. The van der Waals surface area contributed by atoms with Gasteiger partial charge in [-0.15, -0.1) is 11.8 Å². The lowest BCUT2D eigenvalue weighted by Crippen LogP contribution is -2.23. The molecular formula is C14H10ClNOS. The summed E-state index contributed by atoms with van der Waals surface area (Å²) in [5.41, 5.74) is 1.73. The maximum Gasteiger partial charge on any atom is 0.242 e. The molecule has 2 aromatic carbocycles. The fraction of sp³-hybridized carbons (Fsp3) is 0.0714. The fourth-order valence-corrected chi connectivity index (χ4v) is 3.41. The van der Waals surface area contributed by atoms with Crippen LogP contribution in [0.15, 0.2) is 53.4 Å². The number of nitrogens with one attached hydrogen (secondary N) is 1. The van der Waals surface area contributed by atoms with Gasteiger partial charge in [-0.3, -0.25) is 4.79 Å². The number of carbonyl (C=O) groups is 1. The zero-order valence-corrected chi connectivity index (χ0v) is 11.0. The van der Waals surface area contributed by atoms with Gasteiger partial charge in [0.1, 0.15) is 5.25 Å². The summed E-state index contributed by atoms with van der Waals surface area (Å²) in [6, 6.07) is 15.3. The van der Waals surface area contributed by atoms with E-state index in [2.05, 4.69) is 5.32 Å². The quantitative estimate of drug-likeness (QED) is 0.848. The number of amides is 1. The maximum atomic E-state index is 12.1. The summed E-state index contributed by atoms with van der Waals surface area (Å²) < 4.78 is 0. The van der Waals surface area contributed by atoms with Gasteiger partial charge in [-0.05, 0) is 23.8 Å².